The zero-order chi connectivity index (χ0) is 15.3. The molecule has 0 spiro atoms. The summed E-state index contributed by atoms with van der Waals surface area (Å²) >= 11 is 0. The summed E-state index contributed by atoms with van der Waals surface area (Å²) in [6.45, 7) is 0.939. The van der Waals surface area contributed by atoms with Gasteiger partial charge in [-0.1, -0.05) is 18.2 Å². The molecule has 1 unspecified atom stereocenters. The van der Waals surface area contributed by atoms with E-state index in [1.165, 1.54) is 12.1 Å². The molecule has 1 atom stereocenters. The molecule has 2 N–H and O–H groups in total. The minimum absolute atomic E-state index is 0.250. The molecule has 112 valence electrons. The highest BCUT2D eigenvalue weighted by Crippen LogP contribution is 2.16. The van der Waals surface area contributed by atoms with Gasteiger partial charge in [0.1, 0.15) is 0 Å². The normalized spacial score (nSPS) is 13.0. The van der Waals surface area contributed by atoms with Crippen LogP contribution < -0.4 is 5.32 Å². The van der Waals surface area contributed by atoms with Crippen LogP contribution in [-0.4, -0.2) is 31.3 Å². The van der Waals surface area contributed by atoms with Crippen LogP contribution in [0.1, 0.15) is 17.4 Å². The van der Waals surface area contributed by atoms with Gasteiger partial charge < -0.3 is 10.4 Å². The lowest BCUT2D eigenvalue weighted by atomic mass is 10.1. The Morgan fingerprint density at radius 2 is 1.90 bits per heavy atom. The van der Waals surface area contributed by atoms with E-state index in [1.54, 1.807) is 18.3 Å². The van der Waals surface area contributed by atoms with Gasteiger partial charge in [0.25, 0.3) is 0 Å². The SMILES string of the molecule is CS(=O)(=O)c1ccc(C(O)CNCc2ccccn2)cc1. The lowest BCUT2D eigenvalue weighted by molar-refractivity contribution is 0.174. The number of nitrogens with zero attached hydrogens (tertiary/aromatic N) is 1. The molecule has 0 bridgehead atoms. The summed E-state index contributed by atoms with van der Waals surface area (Å²) in [7, 11) is -3.20. The predicted octanol–water partition coefficient (Wildman–Crippen LogP) is 1.31. The van der Waals surface area contributed by atoms with Crippen molar-refractivity contribution < 1.29 is 13.5 Å². The number of hydrogen-bond acceptors (Lipinski definition) is 5. The molecule has 2 aromatic rings. The van der Waals surface area contributed by atoms with E-state index < -0.39 is 15.9 Å². The quantitative estimate of drug-likeness (QED) is 0.841. The van der Waals surface area contributed by atoms with E-state index in [0.29, 0.717) is 18.7 Å². The molecule has 0 aliphatic carbocycles. The molecule has 0 amide bonds. The van der Waals surface area contributed by atoms with Crippen LogP contribution in [0.4, 0.5) is 0 Å². The van der Waals surface area contributed by atoms with Crippen LogP contribution in [0.3, 0.4) is 0 Å². The van der Waals surface area contributed by atoms with Gasteiger partial charge in [-0.25, -0.2) is 8.42 Å². The van der Waals surface area contributed by atoms with E-state index in [2.05, 4.69) is 10.3 Å². The largest absolute Gasteiger partial charge is 0.387 e. The van der Waals surface area contributed by atoms with Crippen LogP contribution in [0.5, 0.6) is 0 Å². The third-order valence-electron chi connectivity index (χ3n) is 3.06. The fourth-order valence-corrected chi connectivity index (χ4v) is 2.53. The molecule has 1 aromatic heterocycles. The van der Waals surface area contributed by atoms with Crippen molar-refractivity contribution >= 4 is 9.84 Å². The number of nitrogens with one attached hydrogen (secondary N) is 1. The summed E-state index contributed by atoms with van der Waals surface area (Å²) < 4.78 is 22.7. The Hall–Kier alpha value is -1.76. The summed E-state index contributed by atoms with van der Waals surface area (Å²) in [5.41, 5.74) is 1.58. The van der Waals surface area contributed by atoms with Gasteiger partial charge in [-0.2, -0.15) is 0 Å². The molecule has 2 rings (SSSR count). The Bertz CT molecular complexity index is 670. The molecule has 0 aliphatic rings. The molecule has 0 radical (unpaired) electrons. The average molecular weight is 306 g/mol. The third-order valence-corrected chi connectivity index (χ3v) is 4.19. The number of benzene rings is 1. The lowest BCUT2D eigenvalue weighted by Gasteiger charge is -2.12. The smallest absolute Gasteiger partial charge is 0.175 e. The third kappa shape index (κ3) is 4.63. The van der Waals surface area contributed by atoms with E-state index >= 15 is 0 Å². The second-order valence-corrected chi connectivity index (χ2v) is 6.82. The maximum Gasteiger partial charge on any atom is 0.175 e. The number of rotatable bonds is 6. The highest BCUT2D eigenvalue weighted by molar-refractivity contribution is 7.90. The van der Waals surface area contributed by atoms with Gasteiger partial charge in [-0.15, -0.1) is 0 Å². The maximum absolute atomic E-state index is 11.4. The van der Waals surface area contributed by atoms with E-state index in [9.17, 15) is 13.5 Å². The van der Waals surface area contributed by atoms with Gasteiger partial charge >= 0.3 is 0 Å². The van der Waals surface area contributed by atoms with Crippen molar-refractivity contribution in [1.29, 1.82) is 0 Å². The molecule has 21 heavy (non-hydrogen) atoms. The van der Waals surface area contributed by atoms with E-state index in [1.807, 2.05) is 18.2 Å². The Kier molecular flexibility index (Phi) is 5.06. The number of hydrogen-bond donors (Lipinski definition) is 2. The Balaban J connectivity index is 1.90. The predicted molar refractivity (Wildman–Crippen MR) is 80.5 cm³/mol. The second-order valence-electron chi connectivity index (χ2n) is 4.81. The first-order chi connectivity index (χ1) is 9.97. The van der Waals surface area contributed by atoms with Crippen LogP contribution >= 0.6 is 0 Å². The van der Waals surface area contributed by atoms with Crippen molar-refractivity contribution in [1.82, 2.24) is 10.3 Å². The van der Waals surface area contributed by atoms with Crippen LogP contribution in [0, 0.1) is 0 Å². The summed E-state index contributed by atoms with van der Waals surface area (Å²) in [5.74, 6) is 0. The molecule has 5 nitrogen and oxygen atoms in total. The van der Waals surface area contributed by atoms with Crippen LogP contribution in [-0.2, 0) is 16.4 Å². The molecule has 0 aliphatic heterocycles. The van der Waals surface area contributed by atoms with Crippen molar-refractivity contribution in [3.8, 4) is 0 Å². The molecular weight excluding hydrogens is 288 g/mol. The van der Waals surface area contributed by atoms with Gasteiger partial charge in [0.2, 0.25) is 0 Å². The molecule has 1 heterocycles. The summed E-state index contributed by atoms with van der Waals surface area (Å²) in [4.78, 5) is 4.43. The van der Waals surface area contributed by atoms with Gasteiger partial charge in [0.15, 0.2) is 9.84 Å². The lowest BCUT2D eigenvalue weighted by Crippen LogP contribution is -2.21. The van der Waals surface area contributed by atoms with Crippen molar-refractivity contribution in [2.45, 2.75) is 17.5 Å². The number of aromatic nitrogens is 1. The van der Waals surface area contributed by atoms with Gasteiger partial charge in [0, 0.05) is 25.5 Å². The van der Waals surface area contributed by atoms with Gasteiger partial charge in [0.05, 0.1) is 16.7 Å². The molecule has 0 saturated carbocycles. The first-order valence-corrected chi connectivity index (χ1v) is 8.44. The molecule has 0 saturated heterocycles. The van der Waals surface area contributed by atoms with E-state index in [4.69, 9.17) is 0 Å². The maximum atomic E-state index is 11.4. The first kappa shape index (κ1) is 15.6. The zero-order valence-corrected chi connectivity index (χ0v) is 12.5. The topological polar surface area (TPSA) is 79.3 Å². The number of pyridine rings is 1. The Morgan fingerprint density at radius 3 is 2.48 bits per heavy atom. The van der Waals surface area contributed by atoms with Gasteiger partial charge in [-0.3, -0.25) is 4.98 Å². The standard InChI is InChI=1S/C15H18N2O3S/c1-21(19,20)14-7-5-12(6-8-14)15(18)11-16-10-13-4-2-3-9-17-13/h2-9,15-16,18H,10-11H2,1H3. The molecule has 1 aromatic carbocycles. The minimum atomic E-state index is -3.20. The van der Waals surface area contributed by atoms with Gasteiger partial charge in [-0.05, 0) is 29.8 Å². The Labute approximate surface area is 124 Å². The second kappa shape index (κ2) is 6.80. The number of sulfone groups is 1. The van der Waals surface area contributed by atoms with Crippen LogP contribution in [0.25, 0.3) is 0 Å². The zero-order valence-electron chi connectivity index (χ0n) is 11.7. The molecule has 6 heteroatoms. The average Bonchev–Trinajstić information content (AvgIpc) is 2.47. The number of aliphatic hydroxyl groups excluding tert-OH is 1. The summed E-state index contributed by atoms with van der Waals surface area (Å²) in [5, 5.41) is 13.2. The van der Waals surface area contributed by atoms with Crippen molar-refractivity contribution in [3.05, 3.63) is 59.9 Å². The van der Waals surface area contributed by atoms with Crippen molar-refractivity contribution in [2.24, 2.45) is 0 Å². The highest BCUT2D eigenvalue weighted by Gasteiger charge is 2.10. The highest BCUT2D eigenvalue weighted by atomic mass is 32.2. The van der Waals surface area contributed by atoms with Crippen LogP contribution in [0.15, 0.2) is 53.6 Å². The van der Waals surface area contributed by atoms with Crippen molar-refractivity contribution in [2.75, 3.05) is 12.8 Å². The van der Waals surface area contributed by atoms with Crippen molar-refractivity contribution in [3.63, 3.8) is 0 Å². The summed E-state index contributed by atoms with van der Waals surface area (Å²) in [6, 6.07) is 11.9. The van der Waals surface area contributed by atoms with E-state index in [-0.39, 0.29) is 4.90 Å². The summed E-state index contributed by atoms with van der Waals surface area (Å²) in [6.07, 6.45) is 2.19. The monoisotopic (exact) mass is 306 g/mol. The van der Waals surface area contributed by atoms with E-state index in [0.717, 1.165) is 11.9 Å². The fraction of sp³-hybridized carbons (Fsp3) is 0.267. The molecule has 0 fully saturated rings. The van der Waals surface area contributed by atoms with Crippen LogP contribution in [0.2, 0.25) is 0 Å². The Morgan fingerprint density at radius 1 is 1.19 bits per heavy atom. The number of aliphatic hydroxyl groups is 1. The fourth-order valence-electron chi connectivity index (χ4n) is 1.89. The molecular formula is C15H18N2O3S. The minimum Gasteiger partial charge on any atom is -0.387 e. The first-order valence-electron chi connectivity index (χ1n) is 6.55.